The second-order valence-electron chi connectivity index (χ2n) is 3.30. The number of benzene rings is 1. The first kappa shape index (κ1) is 15.2. The van der Waals surface area contributed by atoms with Crippen molar-refractivity contribution < 1.29 is 37.9 Å². The molecule has 0 radical (unpaired) electrons. The zero-order chi connectivity index (χ0) is 14.3. The molecule has 0 amide bonds. The van der Waals surface area contributed by atoms with Crippen LogP contribution < -0.4 is 4.52 Å². The summed E-state index contributed by atoms with van der Waals surface area (Å²) in [6.07, 6.45) is -0.0710. The Morgan fingerprint density at radius 2 is 1.89 bits per heavy atom. The summed E-state index contributed by atoms with van der Waals surface area (Å²) in [5.41, 5.74) is 0.550. The van der Waals surface area contributed by atoms with Crippen molar-refractivity contribution in [3.63, 3.8) is 0 Å². The Hall–Kier alpha value is -1.89. The molecule has 0 saturated carbocycles. The minimum absolute atomic E-state index is 0.0188. The molecule has 0 spiro atoms. The molecule has 0 unspecified atom stereocenters. The van der Waals surface area contributed by atoms with E-state index in [0.717, 1.165) is 0 Å². The van der Waals surface area contributed by atoms with E-state index in [1.807, 2.05) is 0 Å². The summed E-state index contributed by atoms with van der Waals surface area (Å²) in [5.74, 6) is -0.625. The fourth-order valence-corrected chi connectivity index (χ4v) is 1.55. The fraction of sp³-hybridized carbons (Fsp3) is 0.200. The number of esters is 1. The van der Waals surface area contributed by atoms with E-state index < -0.39 is 20.6 Å². The Bertz CT molecular complexity index is 477. The normalized spacial score (nSPS) is 10.6. The van der Waals surface area contributed by atoms with Crippen LogP contribution >= 0.6 is 7.82 Å². The molecular formula is C10H11O8P. The van der Waals surface area contributed by atoms with Crippen LogP contribution in [0.3, 0.4) is 0 Å². The van der Waals surface area contributed by atoms with E-state index in [1.54, 1.807) is 0 Å². The second-order valence-corrected chi connectivity index (χ2v) is 4.46. The summed E-state index contributed by atoms with van der Waals surface area (Å²) < 4.78 is 23.6. The van der Waals surface area contributed by atoms with Crippen LogP contribution in [0.1, 0.15) is 5.56 Å². The van der Waals surface area contributed by atoms with Crippen LogP contribution in [0, 0.1) is 0 Å². The van der Waals surface area contributed by atoms with Crippen LogP contribution in [0.5, 0.6) is 5.75 Å². The number of ether oxygens (including phenoxy) is 2. The van der Waals surface area contributed by atoms with Gasteiger partial charge in [0.2, 0.25) is 6.79 Å². The van der Waals surface area contributed by atoms with Gasteiger partial charge >= 0.3 is 13.8 Å². The van der Waals surface area contributed by atoms with Gasteiger partial charge in [0.25, 0.3) is 6.47 Å². The highest BCUT2D eigenvalue weighted by molar-refractivity contribution is 7.46. The zero-order valence-corrected chi connectivity index (χ0v) is 10.5. The maximum Gasteiger partial charge on any atom is 0.524 e. The molecule has 0 heterocycles. The maximum atomic E-state index is 11.2. The third-order valence-electron chi connectivity index (χ3n) is 1.85. The van der Waals surface area contributed by atoms with E-state index in [2.05, 4.69) is 14.0 Å². The lowest BCUT2D eigenvalue weighted by Crippen LogP contribution is -2.10. The highest BCUT2D eigenvalue weighted by Gasteiger charge is 2.15. The van der Waals surface area contributed by atoms with Crippen LogP contribution in [0.15, 0.2) is 24.3 Å². The number of carbonyl (C=O) groups excluding carboxylic acids is 2. The molecule has 8 nitrogen and oxygen atoms in total. The van der Waals surface area contributed by atoms with Gasteiger partial charge in [0.05, 0.1) is 6.42 Å². The molecule has 0 atom stereocenters. The summed E-state index contributed by atoms with van der Waals surface area (Å²) in [6.45, 7) is -0.302. The van der Waals surface area contributed by atoms with E-state index in [0.29, 0.717) is 5.56 Å². The standard InChI is InChI=1S/C10H11O8P/c11-6-16-7-17-10(12)5-8-1-3-9(4-2-8)18-19(13,14)15/h1-4,6H,5,7H2,(H2,13,14,15). The third-order valence-corrected chi connectivity index (χ3v) is 2.30. The van der Waals surface area contributed by atoms with Gasteiger partial charge in [-0.25, -0.2) is 4.57 Å². The molecule has 2 N–H and O–H groups in total. The van der Waals surface area contributed by atoms with Crippen LogP contribution in [0.25, 0.3) is 0 Å². The van der Waals surface area contributed by atoms with Crippen LogP contribution in [0.4, 0.5) is 0 Å². The topological polar surface area (TPSA) is 119 Å². The van der Waals surface area contributed by atoms with Crippen molar-refractivity contribution in [3.8, 4) is 5.75 Å². The van der Waals surface area contributed by atoms with Gasteiger partial charge in [-0.3, -0.25) is 19.4 Å². The third kappa shape index (κ3) is 6.56. The first-order chi connectivity index (χ1) is 8.90. The Morgan fingerprint density at radius 3 is 2.42 bits per heavy atom. The second kappa shape index (κ2) is 6.89. The highest BCUT2D eigenvalue weighted by Crippen LogP contribution is 2.37. The molecular weight excluding hydrogens is 279 g/mol. The zero-order valence-electron chi connectivity index (χ0n) is 9.59. The van der Waals surface area contributed by atoms with Crippen LogP contribution in [-0.2, 0) is 30.0 Å². The van der Waals surface area contributed by atoms with Gasteiger partial charge in [-0.2, -0.15) is 0 Å². The van der Waals surface area contributed by atoms with Crippen molar-refractivity contribution in [2.45, 2.75) is 6.42 Å². The summed E-state index contributed by atoms with van der Waals surface area (Å²) in [4.78, 5) is 38.2. The summed E-state index contributed by atoms with van der Waals surface area (Å²) in [7, 11) is -4.59. The molecule has 9 heteroatoms. The predicted octanol–water partition coefficient (Wildman–Crippen LogP) is 0.374. The van der Waals surface area contributed by atoms with E-state index >= 15 is 0 Å². The Morgan fingerprint density at radius 1 is 1.26 bits per heavy atom. The maximum absolute atomic E-state index is 11.2. The predicted molar refractivity (Wildman–Crippen MR) is 60.9 cm³/mol. The Kier molecular flexibility index (Phi) is 5.50. The van der Waals surface area contributed by atoms with Gasteiger partial charge in [0.1, 0.15) is 5.75 Å². The van der Waals surface area contributed by atoms with Crippen molar-refractivity contribution in [2.75, 3.05) is 6.79 Å². The lowest BCUT2D eigenvalue weighted by molar-refractivity contribution is -0.159. The van der Waals surface area contributed by atoms with Crippen molar-refractivity contribution >= 4 is 20.3 Å². The van der Waals surface area contributed by atoms with Crippen LogP contribution in [-0.4, -0.2) is 29.0 Å². The molecule has 1 aromatic carbocycles. The molecule has 104 valence electrons. The van der Waals surface area contributed by atoms with Gasteiger partial charge in [0.15, 0.2) is 0 Å². The van der Waals surface area contributed by atoms with Crippen molar-refractivity contribution in [1.82, 2.24) is 0 Å². The summed E-state index contributed by atoms with van der Waals surface area (Å²) in [5, 5.41) is 0. The number of phosphoric acid groups is 1. The van der Waals surface area contributed by atoms with E-state index in [-0.39, 0.29) is 18.6 Å². The molecule has 0 aliphatic heterocycles. The monoisotopic (exact) mass is 290 g/mol. The SMILES string of the molecule is O=COCOC(=O)Cc1ccc(OP(=O)(O)O)cc1. The van der Waals surface area contributed by atoms with Gasteiger partial charge in [0, 0.05) is 0 Å². The molecule has 0 fully saturated rings. The molecule has 19 heavy (non-hydrogen) atoms. The van der Waals surface area contributed by atoms with E-state index in [4.69, 9.17) is 9.79 Å². The number of rotatable bonds is 7. The number of carbonyl (C=O) groups is 2. The Labute approximate surface area is 108 Å². The molecule has 1 rings (SSSR count). The fourth-order valence-electron chi connectivity index (χ4n) is 1.15. The van der Waals surface area contributed by atoms with Gasteiger partial charge < -0.3 is 14.0 Å². The molecule has 1 aromatic rings. The van der Waals surface area contributed by atoms with E-state index in [9.17, 15) is 14.2 Å². The molecule has 0 aliphatic carbocycles. The molecule has 0 aromatic heterocycles. The lowest BCUT2D eigenvalue weighted by atomic mass is 10.1. The first-order valence-electron chi connectivity index (χ1n) is 4.95. The number of hydrogen-bond acceptors (Lipinski definition) is 6. The quantitative estimate of drug-likeness (QED) is 0.243. The van der Waals surface area contributed by atoms with Gasteiger partial charge in [-0.1, -0.05) is 12.1 Å². The number of hydrogen-bond donors (Lipinski definition) is 2. The van der Waals surface area contributed by atoms with Crippen molar-refractivity contribution in [2.24, 2.45) is 0 Å². The minimum Gasteiger partial charge on any atom is -0.430 e. The molecule has 0 aliphatic rings. The van der Waals surface area contributed by atoms with Gasteiger partial charge in [-0.15, -0.1) is 0 Å². The average molecular weight is 290 g/mol. The minimum atomic E-state index is -4.59. The number of phosphoric ester groups is 1. The molecule has 0 saturated heterocycles. The summed E-state index contributed by atoms with van der Waals surface area (Å²) >= 11 is 0. The van der Waals surface area contributed by atoms with Crippen molar-refractivity contribution in [3.05, 3.63) is 29.8 Å². The summed E-state index contributed by atoms with van der Waals surface area (Å²) in [6, 6.07) is 5.52. The van der Waals surface area contributed by atoms with Crippen LogP contribution in [0.2, 0.25) is 0 Å². The molecule has 0 bridgehead atoms. The van der Waals surface area contributed by atoms with Gasteiger partial charge in [-0.05, 0) is 17.7 Å². The highest BCUT2D eigenvalue weighted by atomic mass is 31.2. The Balaban J connectivity index is 2.50. The van der Waals surface area contributed by atoms with E-state index in [1.165, 1.54) is 24.3 Å². The largest absolute Gasteiger partial charge is 0.524 e. The first-order valence-corrected chi connectivity index (χ1v) is 6.49. The lowest BCUT2D eigenvalue weighted by Gasteiger charge is -2.07. The average Bonchev–Trinajstić information content (AvgIpc) is 2.30. The van der Waals surface area contributed by atoms with Crippen molar-refractivity contribution in [1.29, 1.82) is 0 Å². The smallest absolute Gasteiger partial charge is 0.430 e.